The fourth-order valence-corrected chi connectivity index (χ4v) is 8.11. The van der Waals surface area contributed by atoms with Crippen molar-refractivity contribution in [3.05, 3.63) is 72.8 Å². The van der Waals surface area contributed by atoms with E-state index in [4.69, 9.17) is 0 Å². The van der Waals surface area contributed by atoms with E-state index >= 15 is 0 Å². The van der Waals surface area contributed by atoms with Gasteiger partial charge in [0.25, 0.3) is 0 Å². The Morgan fingerprint density at radius 2 is 0.964 bits per heavy atom. The Balaban J connectivity index is 0.00000266. The molecule has 0 spiro atoms. The van der Waals surface area contributed by atoms with Crippen molar-refractivity contribution >= 4 is 121 Å². The molecule has 2 heterocycles. The molecule has 288 valence electrons. The molecule has 2 aromatic carbocycles. The van der Waals surface area contributed by atoms with Gasteiger partial charge in [-0.1, -0.05) is 12.1 Å². The predicted octanol–water partition coefficient (Wildman–Crippen LogP) is 5.73. The molecule has 13 nitrogen and oxygen atoms in total. The van der Waals surface area contributed by atoms with Gasteiger partial charge < -0.3 is 29.6 Å². The van der Waals surface area contributed by atoms with Crippen molar-refractivity contribution in [2.24, 2.45) is 0 Å². The maximum atomic E-state index is 14.2. The topological polar surface area (TPSA) is 148 Å². The van der Waals surface area contributed by atoms with E-state index in [0.717, 1.165) is 24.3 Å². The molecule has 2 aromatic heterocycles. The van der Waals surface area contributed by atoms with E-state index in [-0.39, 0.29) is 114 Å². The number of alkyl halides is 6. The van der Waals surface area contributed by atoms with E-state index in [1.165, 1.54) is 24.5 Å². The predicted molar refractivity (Wildman–Crippen MR) is 177 cm³/mol. The Labute approximate surface area is 394 Å². The van der Waals surface area contributed by atoms with Gasteiger partial charge in [-0.2, -0.15) is 10.2 Å². The van der Waals surface area contributed by atoms with E-state index < -0.39 is 76.4 Å². The SMILES string of the molecule is O=C(NC12CC(n3cc(-c4ccc(OC(F)(F)F)c(F)c4)cn3)(C1)C2)OC(=O)OC(=O)NC12CC(n3cc(-c4ccc(OC(F)(F)F)c(F)c4)cn3)(C1)C2.[KH].[KH]. The summed E-state index contributed by atoms with van der Waals surface area (Å²) in [5.41, 5.74) is -0.973. The average Bonchev–Trinajstić information content (AvgIpc) is 3.67. The van der Waals surface area contributed by atoms with Crippen LogP contribution in [0.15, 0.2) is 61.2 Å². The minimum atomic E-state index is -5.04. The monoisotopic (exact) mass is 848 g/mol. The Kier molecular flexibility index (Phi) is 11.4. The van der Waals surface area contributed by atoms with Crippen LogP contribution in [0.1, 0.15) is 38.5 Å². The molecule has 6 aliphatic rings. The third kappa shape index (κ3) is 8.30. The summed E-state index contributed by atoms with van der Waals surface area (Å²) in [6, 6.07) is 6.03. The molecular weight excluding hydrogens is 823 g/mol. The van der Waals surface area contributed by atoms with Crippen molar-refractivity contribution < 1.29 is 68.5 Å². The maximum absolute atomic E-state index is 14.2. The van der Waals surface area contributed by atoms with Crippen LogP contribution >= 0.6 is 0 Å². The van der Waals surface area contributed by atoms with Crippen molar-refractivity contribution in [3.8, 4) is 33.8 Å². The summed E-state index contributed by atoms with van der Waals surface area (Å²) in [5.74, 6) is -4.34. The number of carbonyl (C=O) groups is 3. The van der Waals surface area contributed by atoms with Crippen molar-refractivity contribution in [2.45, 2.75) is 73.4 Å². The molecule has 2 amide bonds. The quantitative estimate of drug-likeness (QED) is 0.0983. The molecule has 56 heavy (non-hydrogen) atoms. The molecule has 10 rings (SSSR count). The molecule has 2 N–H and O–H groups in total. The van der Waals surface area contributed by atoms with E-state index in [0.29, 0.717) is 49.7 Å². The number of amides is 2. The van der Waals surface area contributed by atoms with Crippen LogP contribution in [0.4, 0.5) is 49.5 Å². The first kappa shape index (κ1) is 43.0. The van der Waals surface area contributed by atoms with Crippen molar-refractivity contribution in [1.82, 2.24) is 30.2 Å². The molecule has 0 unspecified atom stereocenters. The summed E-state index contributed by atoms with van der Waals surface area (Å²) in [7, 11) is 0. The average molecular weight is 849 g/mol. The molecule has 0 atom stereocenters. The Hall–Kier alpha value is -2.62. The van der Waals surface area contributed by atoms with Gasteiger partial charge in [0.1, 0.15) is 0 Å². The number of halogens is 8. The third-order valence-corrected chi connectivity index (χ3v) is 10.2. The van der Waals surface area contributed by atoms with Crippen LogP contribution < -0.4 is 20.1 Å². The molecule has 0 radical (unpaired) electrons. The van der Waals surface area contributed by atoms with Gasteiger partial charge in [0, 0.05) is 23.5 Å². The molecule has 4 bridgehead atoms. The zero-order valence-electron chi connectivity index (χ0n) is 27.2. The second-order valence-electron chi connectivity index (χ2n) is 14.1. The van der Waals surface area contributed by atoms with Crippen molar-refractivity contribution in [3.63, 3.8) is 0 Å². The van der Waals surface area contributed by atoms with E-state index in [2.05, 4.69) is 39.8 Å². The third-order valence-electron chi connectivity index (χ3n) is 10.2. The van der Waals surface area contributed by atoms with Crippen LogP contribution in [0.25, 0.3) is 22.3 Å². The van der Waals surface area contributed by atoms with Crippen LogP contribution in [0.5, 0.6) is 11.5 Å². The van der Waals surface area contributed by atoms with Crippen LogP contribution in [0.2, 0.25) is 0 Å². The van der Waals surface area contributed by atoms with Gasteiger partial charge in [-0.15, -0.1) is 26.3 Å². The molecule has 0 aliphatic heterocycles. The molecule has 6 saturated carbocycles. The Morgan fingerprint density at radius 3 is 1.29 bits per heavy atom. The summed E-state index contributed by atoms with van der Waals surface area (Å²) in [4.78, 5) is 37.0. The summed E-state index contributed by atoms with van der Waals surface area (Å²) in [6.07, 6.45) is -5.46. The Bertz CT molecular complexity index is 2040. The van der Waals surface area contributed by atoms with Gasteiger partial charge >= 0.3 is 134 Å². The van der Waals surface area contributed by atoms with Crippen LogP contribution in [0, 0.1) is 11.6 Å². The Morgan fingerprint density at radius 1 is 0.607 bits per heavy atom. The standard InChI is InChI=1S/C33H24F8N6O7.2K.2H/c34-21-5-17(1-3-23(21)53-32(36,37)38)19-7-42-46(9-19)30-11-28(12-30,13-30)44-25(48)51-27(50)52-26(49)45-29-14-31(15-29,16-29)47-10-20(8-43-47)18-2-4-24(22(35)6-18)54-33(39,40)41;;;;/h1-10H,11-16H2,(H,44,48)(H,45,49);;;;. The zero-order valence-corrected chi connectivity index (χ0v) is 27.2. The number of ether oxygens (including phenoxy) is 4. The summed E-state index contributed by atoms with van der Waals surface area (Å²) < 4.78 is 123. The number of aromatic nitrogens is 4. The number of nitrogens with one attached hydrogen (secondary N) is 2. The van der Waals surface area contributed by atoms with Gasteiger partial charge in [-0.25, -0.2) is 23.2 Å². The second-order valence-corrected chi connectivity index (χ2v) is 14.1. The normalized spacial score (nSPS) is 25.3. The molecule has 6 fully saturated rings. The first-order chi connectivity index (χ1) is 25.3. The minimum absolute atomic E-state index is 0. The van der Waals surface area contributed by atoms with E-state index in [1.54, 1.807) is 21.8 Å². The summed E-state index contributed by atoms with van der Waals surface area (Å²) >= 11 is 0. The summed E-state index contributed by atoms with van der Waals surface area (Å²) in [6.45, 7) is 0. The van der Waals surface area contributed by atoms with E-state index in [1.807, 2.05) is 0 Å². The van der Waals surface area contributed by atoms with Gasteiger partial charge in [0.05, 0.1) is 34.5 Å². The number of hydrogen-bond acceptors (Lipinski definition) is 9. The van der Waals surface area contributed by atoms with Gasteiger partial charge in [0.2, 0.25) is 0 Å². The first-order valence-electron chi connectivity index (χ1n) is 16.0. The van der Waals surface area contributed by atoms with Gasteiger partial charge in [-0.3, -0.25) is 9.36 Å². The van der Waals surface area contributed by atoms with Crippen LogP contribution in [0.3, 0.4) is 0 Å². The fourth-order valence-electron chi connectivity index (χ4n) is 8.11. The number of benzene rings is 2. The molecule has 0 saturated heterocycles. The van der Waals surface area contributed by atoms with Crippen molar-refractivity contribution in [2.75, 3.05) is 0 Å². The molecule has 4 aromatic rings. The van der Waals surface area contributed by atoms with Crippen molar-refractivity contribution in [1.29, 1.82) is 0 Å². The second kappa shape index (κ2) is 14.9. The van der Waals surface area contributed by atoms with Crippen LogP contribution in [-0.2, 0) is 20.6 Å². The van der Waals surface area contributed by atoms with Crippen LogP contribution in [-0.4, -0.2) is 164 Å². The number of carbonyl (C=O) groups excluding carboxylic acids is 3. The molecule has 6 aliphatic carbocycles. The number of alkyl carbamates (subject to hydrolysis) is 2. The molecule has 23 heteroatoms. The fraction of sp³-hybridized carbons (Fsp3) is 0.364. The van der Waals surface area contributed by atoms with Gasteiger partial charge in [0.15, 0.2) is 23.1 Å². The van der Waals surface area contributed by atoms with Gasteiger partial charge in [-0.05, 0) is 73.9 Å². The zero-order chi connectivity index (χ0) is 38.5. The molecular formula is C33H26F8K2N6O7. The number of rotatable bonds is 8. The van der Waals surface area contributed by atoms with E-state index in [9.17, 15) is 49.5 Å². The summed E-state index contributed by atoms with van der Waals surface area (Å²) in [5, 5.41) is 13.8. The number of nitrogens with zero attached hydrogens (tertiary/aromatic N) is 4. The number of hydrogen-bond donors (Lipinski definition) is 2. The first-order valence-corrected chi connectivity index (χ1v) is 16.0.